The largest absolute Gasteiger partial charge is 0.292 e. The molecule has 0 bridgehead atoms. The fourth-order valence-corrected chi connectivity index (χ4v) is 1.81. The first-order valence-electron chi connectivity index (χ1n) is 5.67. The summed E-state index contributed by atoms with van der Waals surface area (Å²) in [5, 5.41) is 9.05. The summed E-state index contributed by atoms with van der Waals surface area (Å²) in [5.74, 6) is -4.61. The van der Waals surface area contributed by atoms with Gasteiger partial charge in [0.05, 0.1) is 6.07 Å². The van der Waals surface area contributed by atoms with Crippen molar-refractivity contribution in [1.29, 1.82) is 5.26 Å². The second-order valence-electron chi connectivity index (χ2n) is 4.10. The van der Waals surface area contributed by atoms with Crippen LogP contribution in [0.15, 0.2) is 42.5 Å². The van der Waals surface area contributed by atoms with Gasteiger partial charge in [-0.05, 0) is 18.2 Å². The molecule has 2 nitrogen and oxygen atoms in total. The topological polar surface area (TPSA) is 40.9 Å². The predicted molar refractivity (Wildman–Crippen MR) is 65.4 cm³/mol. The molecule has 0 spiro atoms. The van der Waals surface area contributed by atoms with Crippen LogP contribution >= 0.6 is 0 Å². The number of nitriles is 1. The molecule has 0 aromatic heterocycles. The van der Waals surface area contributed by atoms with E-state index in [1.54, 1.807) is 6.07 Å². The van der Waals surface area contributed by atoms with Crippen LogP contribution in [0.25, 0.3) is 0 Å². The van der Waals surface area contributed by atoms with Gasteiger partial charge in [0.2, 0.25) is 0 Å². The van der Waals surface area contributed by atoms with Gasteiger partial charge < -0.3 is 0 Å². The summed E-state index contributed by atoms with van der Waals surface area (Å²) in [6.07, 6.45) is 0. The van der Waals surface area contributed by atoms with E-state index in [-0.39, 0.29) is 11.1 Å². The third-order valence-corrected chi connectivity index (χ3v) is 2.77. The summed E-state index contributed by atoms with van der Waals surface area (Å²) in [7, 11) is 0. The van der Waals surface area contributed by atoms with Crippen LogP contribution in [0, 0.1) is 28.8 Å². The van der Waals surface area contributed by atoms with E-state index in [0.717, 1.165) is 24.3 Å². The van der Waals surface area contributed by atoms with Crippen LogP contribution in [-0.2, 0) is 0 Å². The standard InChI is InChI=1S/C15H8F3NO/c16-10-3-1-2-9(6-10)15(20)13(8-19)12-5-4-11(17)7-14(12)18/h1-7,13H. The van der Waals surface area contributed by atoms with Crippen LogP contribution in [0.5, 0.6) is 0 Å². The van der Waals surface area contributed by atoms with Gasteiger partial charge in [0.25, 0.3) is 0 Å². The highest BCUT2D eigenvalue weighted by Gasteiger charge is 2.25. The summed E-state index contributed by atoms with van der Waals surface area (Å²) in [5.41, 5.74) is -0.275. The highest BCUT2D eigenvalue weighted by atomic mass is 19.1. The molecule has 0 N–H and O–H groups in total. The molecule has 0 aliphatic rings. The molecule has 0 saturated carbocycles. The van der Waals surface area contributed by atoms with Crippen molar-refractivity contribution < 1.29 is 18.0 Å². The molecule has 1 unspecified atom stereocenters. The van der Waals surface area contributed by atoms with Crippen molar-refractivity contribution in [2.24, 2.45) is 0 Å². The number of benzene rings is 2. The number of Topliss-reactive ketones (excluding diaryl/α,β-unsaturated/α-hetero) is 1. The van der Waals surface area contributed by atoms with Crippen LogP contribution in [0.2, 0.25) is 0 Å². The Bertz CT molecular complexity index is 707. The monoisotopic (exact) mass is 275 g/mol. The minimum absolute atomic E-state index is 0.0414. The van der Waals surface area contributed by atoms with Gasteiger partial charge in [0.1, 0.15) is 23.4 Å². The lowest BCUT2D eigenvalue weighted by atomic mass is 9.91. The molecule has 5 heteroatoms. The maximum absolute atomic E-state index is 13.6. The molecular formula is C15H8F3NO. The normalized spacial score (nSPS) is 11.7. The van der Waals surface area contributed by atoms with Crippen LogP contribution in [-0.4, -0.2) is 5.78 Å². The Morgan fingerprint density at radius 1 is 1.05 bits per heavy atom. The van der Waals surface area contributed by atoms with Crippen LogP contribution < -0.4 is 0 Å². The third-order valence-electron chi connectivity index (χ3n) is 2.77. The molecule has 0 heterocycles. The molecular weight excluding hydrogens is 267 g/mol. The van der Waals surface area contributed by atoms with Gasteiger partial charge >= 0.3 is 0 Å². The van der Waals surface area contributed by atoms with Gasteiger partial charge in [-0.3, -0.25) is 4.79 Å². The smallest absolute Gasteiger partial charge is 0.184 e. The van der Waals surface area contributed by atoms with Crippen molar-refractivity contribution in [1.82, 2.24) is 0 Å². The van der Waals surface area contributed by atoms with E-state index in [9.17, 15) is 18.0 Å². The second kappa shape index (κ2) is 5.57. The van der Waals surface area contributed by atoms with Crippen molar-refractivity contribution in [2.75, 3.05) is 0 Å². The Labute approximate surface area is 113 Å². The number of halogens is 3. The Morgan fingerprint density at radius 2 is 1.75 bits per heavy atom. The number of nitrogens with zero attached hydrogens (tertiary/aromatic N) is 1. The van der Waals surface area contributed by atoms with Crippen LogP contribution in [0.3, 0.4) is 0 Å². The highest BCUT2D eigenvalue weighted by Crippen LogP contribution is 2.24. The summed E-state index contributed by atoms with van der Waals surface area (Å²) in [6, 6.07) is 9.02. The average Bonchev–Trinajstić information content (AvgIpc) is 2.41. The summed E-state index contributed by atoms with van der Waals surface area (Å²) >= 11 is 0. The van der Waals surface area contributed by atoms with E-state index in [1.807, 2.05) is 0 Å². The quantitative estimate of drug-likeness (QED) is 0.803. The van der Waals surface area contributed by atoms with Gasteiger partial charge in [-0.25, -0.2) is 13.2 Å². The Kier molecular flexibility index (Phi) is 3.85. The molecule has 2 aromatic rings. The Hall–Kier alpha value is -2.61. The first-order valence-corrected chi connectivity index (χ1v) is 5.67. The molecule has 0 fully saturated rings. The van der Waals surface area contributed by atoms with Crippen molar-refractivity contribution in [3.63, 3.8) is 0 Å². The molecule has 0 radical (unpaired) electrons. The van der Waals surface area contributed by atoms with Gasteiger partial charge in [0, 0.05) is 17.2 Å². The number of rotatable bonds is 3. The number of ketones is 1. The zero-order chi connectivity index (χ0) is 14.7. The van der Waals surface area contributed by atoms with E-state index in [1.165, 1.54) is 12.1 Å². The van der Waals surface area contributed by atoms with E-state index < -0.39 is 29.2 Å². The van der Waals surface area contributed by atoms with E-state index in [4.69, 9.17) is 5.26 Å². The van der Waals surface area contributed by atoms with Crippen LogP contribution in [0.1, 0.15) is 21.8 Å². The molecule has 1 atom stereocenters. The predicted octanol–water partition coefficient (Wildman–Crippen LogP) is 3.59. The lowest BCUT2D eigenvalue weighted by Crippen LogP contribution is -2.13. The van der Waals surface area contributed by atoms with Crippen molar-refractivity contribution in [3.8, 4) is 6.07 Å². The minimum atomic E-state index is -1.45. The molecule has 20 heavy (non-hydrogen) atoms. The van der Waals surface area contributed by atoms with E-state index in [2.05, 4.69) is 0 Å². The van der Waals surface area contributed by atoms with Crippen molar-refractivity contribution in [2.45, 2.75) is 5.92 Å². The molecule has 0 aliphatic heterocycles. The highest BCUT2D eigenvalue weighted by molar-refractivity contribution is 6.02. The maximum atomic E-state index is 13.6. The lowest BCUT2D eigenvalue weighted by molar-refractivity contribution is 0.0977. The van der Waals surface area contributed by atoms with E-state index >= 15 is 0 Å². The molecule has 0 amide bonds. The number of carbonyl (C=O) groups is 1. The van der Waals surface area contributed by atoms with Crippen molar-refractivity contribution in [3.05, 3.63) is 71.0 Å². The molecule has 2 aromatic carbocycles. The Balaban J connectivity index is 2.43. The van der Waals surface area contributed by atoms with Gasteiger partial charge in [-0.1, -0.05) is 18.2 Å². The molecule has 100 valence electrons. The number of carbonyl (C=O) groups excluding carboxylic acids is 1. The fraction of sp³-hybridized carbons (Fsp3) is 0.0667. The van der Waals surface area contributed by atoms with Gasteiger partial charge in [0.15, 0.2) is 5.78 Å². The molecule has 0 saturated heterocycles. The van der Waals surface area contributed by atoms with Gasteiger partial charge in [-0.15, -0.1) is 0 Å². The Morgan fingerprint density at radius 3 is 2.35 bits per heavy atom. The third kappa shape index (κ3) is 2.69. The van der Waals surface area contributed by atoms with Gasteiger partial charge in [-0.2, -0.15) is 5.26 Å². The molecule has 2 rings (SSSR count). The molecule has 0 aliphatic carbocycles. The van der Waals surface area contributed by atoms with E-state index in [0.29, 0.717) is 6.07 Å². The summed E-state index contributed by atoms with van der Waals surface area (Å²) in [4.78, 5) is 12.1. The fourth-order valence-electron chi connectivity index (χ4n) is 1.81. The average molecular weight is 275 g/mol. The zero-order valence-electron chi connectivity index (χ0n) is 10.1. The second-order valence-corrected chi connectivity index (χ2v) is 4.10. The summed E-state index contributed by atoms with van der Waals surface area (Å²) < 4.78 is 39.5. The first-order chi connectivity index (χ1) is 9.52. The van der Waals surface area contributed by atoms with Crippen LogP contribution in [0.4, 0.5) is 13.2 Å². The minimum Gasteiger partial charge on any atom is -0.292 e. The number of hydrogen-bond acceptors (Lipinski definition) is 2. The van der Waals surface area contributed by atoms with Crippen molar-refractivity contribution >= 4 is 5.78 Å². The number of hydrogen-bond donors (Lipinski definition) is 0. The zero-order valence-corrected chi connectivity index (χ0v) is 10.1. The first kappa shape index (κ1) is 13.8. The summed E-state index contributed by atoms with van der Waals surface area (Å²) in [6.45, 7) is 0. The maximum Gasteiger partial charge on any atom is 0.184 e. The lowest BCUT2D eigenvalue weighted by Gasteiger charge is -2.10. The SMILES string of the molecule is N#CC(C(=O)c1cccc(F)c1)c1ccc(F)cc1F.